The predicted molar refractivity (Wildman–Crippen MR) is 39.8 cm³/mol. The molecule has 0 bridgehead atoms. The van der Waals surface area contributed by atoms with Crippen molar-refractivity contribution in [3.05, 3.63) is 0 Å². The molecule has 0 N–H and O–H groups in total. The first-order valence-corrected chi connectivity index (χ1v) is 5.35. The van der Waals surface area contributed by atoms with Crippen LogP contribution < -0.4 is 0 Å². The first-order chi connectivity index (χ1) is 5.08. The zero-order chi connectivity index (χ0) is 8.32. The molecule has 0 aliphatic carbocycles. The van der Waals surface area contributed by atoms with Crippen LogP contribution in [0.25, 0.3) is 0 Å². The van der Waals surface area contributed by atoms with E-state index in [1.165, 1.54) is 0 Å². The molecule has 1 aliphatic heterocycles. The van der Waals surface area contributed by atoms with Gasteiger partial charge in [0.25, 0.3) is 10.1 Å². The molecule has 5 heteroatoms. The molecule has 0 aromatic rings. The second kappa shape index (κ2) is 3.51. The van der Waals surface area contributed by atoms with Gasteiger partial charge >= 0.3 is 0 Å². The number of hydrogen-bond acceptors (Lipinski definition) is 4. The quantitative estimate of drug-likeness (QED) is 0.567. The summed E-state index contributed by atoms with van der Waals surface area (Å²) in [6.45, 7) is 1.11. The predicted octanol–water partition coefficient (Wildman–Crippen LogP) is 0.142. The normalized spacial score (nSPS) is 26.8. The molecule has 66 valence electrons. The highest BCUT2D eigenvalue weighted by molar-refractivity contribution is 7.86. The van der Waals surface area contributed by atoms with Crippen molar-refractivity contribution in [1.29, 1.82) is 0 Å². The molecule has 0 radical (unpaired) electrons. The van der Waals surface area contributed by atoms with Crippen LogP contribution in [0.15, 0.2) is 0 Å². The molecule has 1 rings (SSSR count). The van der Waals surface area contributed by atoms with Gasteiger partial charge in [0, 0.05) is 6.61 Å². The van der Waals surface area contributed by atoms with Crippen LogP contribution in [-0.4, -0.2) is 34.0 Å². The van der Waals surface area contributed by atoms with E-state index >= 15 is 0 Å². The SMILES string of the molecule is CS(=O)(=O)OC1CCCOC1. The fourth-order valence-corrected chi connectivity index (χ4v) is 1.68. The van der Waals surface area contributed by atoms with Gasteiger partial charge in [-0.25, -0.2) is 0 Å². The van der Waals surface area contributed by atoms with Gasteiger partial charge in [0.2, 0.25) is 0 Å². The van der Waals surface area contributed by atoms with Crippen LogP contribution in [0.4, 0.5) is 0 Å². The lowest BCUT2D eigenvalue weighted by Crippen LogP contribution is -2.27. The van der Waals surface area contributed by atoms with Gasteiger partial charge in [-0.05, 0) is 12.8 Å². The monoisotopic (exact) mass is 180 g/mol. The van der Waals surface area contributed by atoms with Crippen LogP contribution in [0.2, 0.25) is 0 Å². The summed E-state index contributed by atoms with van der Waals surface area (Å²) in [5.74, 6) is 0. The summed E-state index contributed by atoms with van der Waals surface area (Å²) in [5.41, 5.74) is 0. The first kappa shape index (κ1) is 8.96. The highest BCUT2D eigenvalue weighted by atomic mass is 32.2. The smallest absolute Gasteiger partial charge is 0.264 e. The van der Waals surface area contributed by atoms with Crippen LogP contribution in [-0.2, 0) is 19.0 Å². The number of ether oxygens (including phenoxy) is 1. The Morgan fingerprint density at radius 3 is 2.73 bits per heavy atom. The Labute approximate surface area is 66.6 Å². The maximum Gasteiger partial charge on any atom is 0.264 e. The maximum atomic E-state index is 10.6. The first-order valence-electron chi connectivity index (χ1n) is 3.54. The van der Waals surface area contributed by atoms with Gasteiger partial charge in [-0.2, -0.15) is 8.42 Å². The number of rotatable bonds is 2. The lowest BCUT2D eigenvalue weighted by molar-refractivity contribution is 0.0108. The van der Waals surface area contributed by atoms with E-state index in [4.69, 9.17) is 8.92 Å². The molecule has 0 amide bonds. The Morgan fingerprint density at radius 1 is 1.55 bits per heavy atom. The lowest BCUT2D eigenvalue weighted by Gasteiger charge is -2.20. The lowest BCUT2D eigenvalue weighted by atomic mass is 10.2. The summed E-state index contributed by atoms with van der Waals surface area (Å²) >= 11 is 0. The topological polar surface area (TPSA) is 52.6 Å². The molecule has 1 unspecified atom stereocenters. The third-order valence-electron chi connectivity index (χ3n) is 1.43. The molecule has 1 saturated heterocycles. The van der Waals surface area contributed by atoms with E-state index in [1.54, 1.807) is 0 Å². The van der Waals surface area contributed by atoms with Gasteiger partial charge in [-0.1, -0.05) is 0 Å². The minimum atomic E-state index is -3.30. The average Bonchev–Trinajstić information content (AvgIpc) is 1.85. The van der Waals surface area contributed by atoms with Gasteiger partial charge in [-0.3, -0.25) is 4.18 Å². The van der Waals surface area contributed by atoms with Gasteiger partial charge in [0.15, 0.2) is 0 Å². The second-order valence-corrected chi connectivity index (χ2v) is 4.24. The third kappa shape index (κ3) is 3.69. The Kier molecular flexibility index (Phi) is 2.86. The fourth-order valence-electron chi connectivity index (χ4n) is 1.03. The second-order valence-electron chi connectivity index (χ2n) is 2.64. The van der Waals surface area contributed by atoms with Crippen molar-refractivity contribution in [3.8, 4) is 0 Å². The highest BCUT2D eigenvalue weighted by Gasteiger charge is 2.18. The summed E-state index contributed by atoms with van der Waals surface area (Å²) in [7, 11) is -3.30. The Hall–Kier alpha value is -0.130. The highest BCUT2D eigenvalue weighted by Crippen LogP contribution is 2.11. The van der Waals surface area contributed by atoms with Crippen molar-refractivity contribution in [2.45, 2.75) is 18.9 Å². The van der Waals surface area contributed by atoms with Gasteiger partial charge < -0.3 is 4.74 Å². The average molecular weight is 180 g/mol. The maximum absolute atomic E-state index is 10.6. The molecule has 4 nitrogen and oxygen atoms in total. The molecule has 0 aromatic heterocycles. The van der Waals surface area contributed by atoms with E-state index in [2.05, 4.69) is 0 Å². The van der Waals surface area contributed by atoms with Crippen LogP contribution in [0.1, 0.15) is 12.8 Å². The van der Waals surface area contributed by atoms with E-state index in [0.29, 0.717) is 13.2 Å². The summed E-state index contributed by atoms with van der Waals surface area (Å²) in [5, 5.41) is 0. The van der Waals surface area contributed by atoms with Crippen molar-refractivity contribution in [3.63, 3.8) is 0 Å². The van der Waals surface area contributed by atoms with Crippen molar-refractivity contribution in [2.24, 2.45) is 0 Å². The van der Waals surface area contributed by atoms with Crippen LogP contribution in [0.5, 0.6) is 0 Å². The van der Waals surface area contributed by atoms with Crippen LogP contribution in [0, 0.1) is 0 Å². The molecule has 1 heterocycles. The molecule has 11 heavy (non-hydrogen) atoms. The Morgan fingerprint density at radius 2 is 2.27 bits per heavy atom. The molecule has 0 spiro atoms. The molecule has 1 atom stereocenters. The minimum absolute atomic E-state index is 0.265. The zero-order valence-electron chi connectivity index (χ0n) is 6.45. The van der Waals surface area contributed by atoms with Gasteiger partial charge in [0.1, 0.15) is 6.10 Å². The summed E-state index contributed by atoms with van der Waals surface area (Å²) in [4.78, 5) is 0. The van der Waals surface area contributed by atoms with E-state index in [9.17, 15) is 8.42 Å². The Bertz CT molecular complexity index is 203. The van der Waals surface area contributed by atoms with Crippen molar-refractivity contribution < 1.29 is 17.3 Å². The van der Waals surface area contributed by atoms with Crippen LogP contribution >= 0.6 is 0 Å². The summed E-state index contributed by atoms with van der Waals surface area (Å²) in [6.07, 6.45) is 2.44. The van der Waals surface area contributed by atoms with Crippen LogP contribution in [0.3, 0.4) is 0 Å². The molecular weight excluding hydrogens is 168 g/mol. The van der Waals surface area contributed by atoms with E-state index < -0.39 is 10.1 Å². The third-order valence-corrected chi connectivity index (χ3v) is 2.05. The standard InChI is InChI=1S/C6H12O4S/c1-11(7,8)10-6-3-2-4-9-5-6/h6H,2-5H2,1H3. The van der Waals surface area contributed by atoms with Gasteiger partial charge in [-0.15, -0.1) is 0 Å². The van der Waals surface area contributed by atoms with Crippen molar-refractivity contribution in [1.82, 2.24) is 0 Å². The van der Waals surface area contributed by atoms with E-state index in [-0.39, 0.29) is 6.10 Å². The molecule has 0 saturated carbocycles. The number of hydrogen-bond donors (Lipinski definition) is 0. The minimum Gasteiger partial charge on any atom is -0.379 e. The fraction of sp³-hybridized carbons (Fsp3) is 1.00. The molecule has 1 aliphatic rings. The van der Waals surface area contributed by atoms with Crippen molar-refractivity contribution >= 4 is 10.1 Å². The molecule has 0 aromatic carbocycles. The molecule has 1 fully saturated rings. The zero-order valence-corrected chi connectivity index (χ0v) is 7.26. The van der Waals surface area contributed by atoms with E-state index in [1.807, 2.05) is 0 Å². The largest absolute Gasteiger partial charge is 0.379 e. The summed E-state index contributed by atoms with van der Waals surface area (Å²) in [6, 6.07) is 0. The molecular formula is C6H12O4S. The van der Waals surface area contributed by atoms with E-state index in [0.717, 1.165) is 19.1 Å². The Balaban J connectivity index is 2.36. The van der Waals surface area contributed by atoms with Crippen molar-refractivity contribution in [2.75, 3.05) is 19.5 Å². The van der Waals surface area contributed by atoms with Gasteiger partial charge in [0.05, 0.1) is 12.9 Å². The summed E-state index contributed by atoms with van der Waals surface area (Å²) < 4.78 is 31.0.